The summed E-state index contributed by atoms with van der Waals surface area (Å²) >= 11 is 0. The van der Waals surface area contributed by atoms with Crippen LogP contribution in [0.15, 0.2) is 41.6 Å². The molecule has 0 fully saturated rings. The molecule has 2 heterocycles. The molecule has 128 valence electrons. The number of aromatic nitrogens is 2. The molecule has 0 saturated carbocycles. The molecule has 0 aliphatic carbocycles. The molecule has 0 unspecified atom stereocenters. The SMILES string of the molecule is CCCCn1cc(-c2ccc(C=O)c(F)c2F)c2ccncc2c1=O. The van der Waals surface area contributed by atoms with Gasteiger partial charge in [-0.3, -0.25) is 14.6 Å². The lowest BCUT2D eigenvalue weighted by Gasteiger charge is -2.13. The minimum Gasteiger partial charge on any atom is -0.314 e. The summed E-state index contributed by atoms with van der Waals surface area (Å²) in [6.07, 6.45) is 6.41. The van der Waals surface area contributed by atoms with E-state index < -0.39 is 11.6 Å². The van der Waals surface area contributed by atoms with Crippen LogP contribution in [0.25, 0.3) is 21.9 Å². The van der Waals surface area contributed by atoms with Crippen LogP contribution in [-0.2, 0) is 6.54 Å². The first-order valence-electron chi connectivity index (χ1n) is 7.99. The smallest absolute Gasteiger partial charge is 0.260 e. The fourth-order valence-electron chi connectivity index (χ4n) is 2.81. The number of aryl methyl sites for hydroxylation is 1. The molecule has 0 saturated heterocycles. The van der Waals surface area contributed by atoms with E-state index in [9.17, 15) is 18.4 Å². The van der Waals surface area contributed by atoms with Crippen LogP contribution in [-0.4, -0.2) is 15.8 Å². The zero-order valence-electron chi connectivity index (χ0n) is 13.6. The van der Waals surface area contributed by atoms with Crippen molar-refractivity contribution in [3.05, 3.63) is 64.3 Å². The van der Waals surface area contributed by atoms with Crippen LogP contribution in [0.1, 0.15) is 30.1 Å². The number of pyridine rings is 2. The molecule has 0 amide bonds. The molecule has 0 atom stereocenters. The third-order valence-corrected chi connectivity index (χ3v) is 4.17. The summed E-state index contributed by atoms with van der Waals surface area (Å²) in [6.45, 7) is 2.48. The summed E-state index contributed by atoms with van der Waals surface area (Å²) in [6, 6.07) is 4.18. The average Bonchev–Trinajstić information content (AvgIpc) is 2.64. The van der Waals surface area contributed by atoms with Crippen molar-refractivity contribution < 1.29 is 13.6 Å². The number of rotatable bonds is 5. The number of hydrogen-bond donors (Lipinski definition) is 0. The Hall–Kier alpha value is -2.89. The van der Waals surface area contributed by atoms with Gasteiger partial charge in [0.25, 0.3) is 5.56 Å². The highest BCUT2D eigenvalue weighted by Crippen LogP contribution is 2.30. The van der Waals surface area contributed by atoms with Gasteiger partial charge in [-0.15, -0.1) is 0 Å². The first-order valence-corrected chi connectivity index (χ1v) is 7.99. The normalized spacial score (nSPS) is 11.0. The number of unbranched alkanes of at least 4 members (excludes halogenated alkanes) is 1. The zero-order valence-corrected chi connectivity index (χ0v) is 13.6. The number of carbonyl (C=O) groups is 1. The van der Waals surface area contributed by atoms with E-state index in [1.54, 1.807) is 12.3 Å². The van der Waals surface area contributed by atoms with Gasteiger partial charge in [-0.2, -0.15) is 0 Å². The lowest BCUT2D eigenvalue weighted by molar-refractivity contribution is 0.111. The topological polar surface area (TPSA) is 52.0 Å². The Balaban J connectivity index is 2.32. The van der Waals surface area contributed by atoms with Gasteiger partial charge in [0.15, 0.2) is 17.9 Å². The predicted octanol–water partition coefficient (Wildman–Crippen LogP) is 3.95. The fraction of sp³-hybridized carbons (Fsp3) is 0.211. The van der Waals surface area contributed by atoms with Gasteiger partial charge in [0, 0.05) is 36.3 Å². The van der Waals surface area contributed by atoms with E-state index >= 15 is 0 Å². The van der Waals surface area contributed by atoms with E-state index in [4.69, 9.17) is 0 Å². The number of hydrogen-bond acceptors (Lipinski definition) is 3. The van der Waals surface area contributed by atoms with E-state index in [1.165, 1.54) is 29.1 Å². The molecular formula is C19H16F2N2O2. The molecule has 0 bridgehead atoms. The Morgan fingerprint density at radius 1 is 1.12 bits per heavy atom. The van der Waals surface area contributed by atoms with Crippen LogP contribution in [0.3, 0.4) is 0 Å². The van der Waals surface area contributed by atoms with Gasteiger partial charge >= 0.3 is 0 Å². The molecule has 0 aliphatic heterocycles. The highest BCUT2D eigenvalue weighted by molar-refractivity contribution is 5.95. The highest BCUT2D eigenvalue weighted by Gasteiger charge is 2.18. The quantitative estimate of drug-likeness (QED) is 0.660. The summed E-state index contributed by atoms with van der Waals surface area (Å²) in [7, 11) is 0. The third kappa shape index (κ3) is 2.95. The lowest BCUT2D eigenvalue weighted by atomic mass is 9.99. The number of benzene rings is 1. The van der Waals surface area contributed by atoms with E-state index in [1.807, 2.05) is 6.92 Å². The standard InChI is InChI=1S/C19H16F2N2O2/c1-2-3-8-23-10-16(13-6-7-22-9-15(13)19(23)25)14-5-4-12(11-24)17(20)18(14)21/h4-7,9-11H,2-3,8H2,1H3. The van der Waals surface area contributed by atoms with Crippen molar-refractivity contribution in [1.82, 2.24) is 9.55 Å². The summed E-state index contributed by atoms with van der Waals surface area (Å²) in [5, 5.41) is 0.834. The first kappa shape index (κ1) is 17.0. The molecule has 3 aromatic rings. The number of halogens is 2. The Kier molecular flexibility index (Phi) is 4.70. The van der Waals surface area contributed by atoms with Gasteiger partial charge in [0.2, 0.25) is 0 Å². The van der Waals surface area contributed by atoms with Crippen molar-refractivity contribution in [2.45, 2.75) is 26.3 Å². The molecule has 3 rings (SSSR count). The van der Waals surface area contributed by atoms with Crippen molar-refractivity contribution in [3.63, 3.8) is 0 Å². The number of nitrogens with zero attached hydrogens (tertiary/aromatic N) is 2. The van der Waals surface area contributed by atoms with Crippen LogP contribution in [0.4, 0.5) is 8.78 Å². The maximum atomic E-state index is 14.5. The zero-order chi connectivity index (χ0) is 18.0. The highest BCUT2D eigenvalue weighted by atomic mass is 19.2. The molecular weight excluding hydrogens is 326 g/mol. The summed E-state index contributed by atoms with van der Waals surface area (Å²) < 4.78 is 30.0. The maximum absolute atomic E-state index is 14.5. The molecule has 0 radical (unpaired) electrons. The van der Waals surface area contributed by atoms with E-state index in [-0.39, 0.29) is 23.0 Å². The molecule has 1 aromatic carbocycles. The molecule has 4 nitrogen and oxygen atoms in total. The Bertz CT molecular complexity index is 1010. The second-order valence-corrected chi connectivity index (χ2v) is 5.76. The summed E-state index contributed by atoms with van der Waals surface area (Å²) in [5.41, 5.74) is -0.163. The molecule has 0 spiro atoms. The molecule has 0 aliphatic rings. The predicted molar refractivity (Wildman–Crippen MR) is 91.7 cm³/mol. The van der Waals surface area contributed by atoms with Crippen molar-refractivity contribution in [2.24, 2.45) is 0 Å². The van der Waals surface area contributed by atoms with Crippen LogP contribution in [0, 0.1) is 11.6 Å². The van der Waals surface area contributed by atoms with Gasteiger partial charge in [-0.1, -0.05) is 19.4 Å². The van der Waals surface area contributed by atoms with Crippen LogP contribution in [0.5, 0.6) is 0 Å². The first-order chi connectivity index (χ1) is 12.1. The van der Waals surface area contributed by atoms with Gasteiger partial charge < -0.3 is 4.57 Å². The van der Waals surface area contributed by atoms with E-state index in [2.05, 4.69) is 4.98 Å². The third-order valence-electron chi connectivity index (χ3n) is 4.17. The van der Waals surface area contributed by atoms with Gasteiger partial charge in [-0.25, -0.2) is 8.78 Å². The van der Waals surface area contributed by atoms with Crippen molar-refractivity contribution in [2.75, 3.05) is 0 Å². The lowest BCUT2D eigenvalue weighted by Crippen LogP contribution is -2.20. The Morgan fingerprint density at radius 2 is 1.92 bits per heavy atom. The summed E-state index contributed by atoms with van der Waals surface area (Å²) in [4.78, 5) is 27.3. The van der Waals surface area contributed by atoms with E-state index in [0.29, 0.717) is 22.9 Å². The Labute approximate surface area is 142 Å². The van der Waals surface area contributed by atoms with Gasteiger partial charge in [-0.05, 0) is 23.9 Å². The van der Waals surface area contributed by atoms with Gasteiger partial charge in [0.1, 0.15) is 0 Å². The van der Waals surface area contributed by atoms with Gasteiger partial charge in [0.05, 0.1) is 10.9 Å². The van der Waals surface area contributed by atoms with Crippen LogP contribution in [0.2, 0.25) is 0 Å². The second kappa shape index (κ2) is 6.93. The average molecular weight is 342 g/mol. The minimum atomic E-state index is -1.19. The largest absolute Gasteiger partial charge is 0.314 e. The Morgan fingerprint density at radius 3 is 2.64 bits per heavy atom. The van der Waals surface area contributed by atoms with Crippen LogP contribution < -0.4 is 5.56 Å². The molecule has 6 heteroatoms. The maximum Gasteiger partial charge on any atom is 0.260 e. The number of aldehydes is 1. The van der Waals surface area contributed by atoms with E-state index in [0.717, 1.165) is 12.8 Å². The van der Waals surface area contributed by atoms with Crippen molar-refractivity contribution in [1.29, 1.82) is 0 Å². The van der Waals surface area contributed by atoms with Crippen LogP contribution >= 0.6 is 0 Å². The number of carbonyl (C=O) groups excluding carboxylic acids is 1. The minimum absolute atomic E-state index is 0.00421. The van der Waals surface area contributed by atoms with Crippen molar-refractivity contribution in [3.8, 4) is 11.1 Å². The molecule has 2 aromatic heterocycles. The monoisotopic (exact) mass is 342 g/mol. The summed E-state index contributed by atoms with van der Waals surface area (Å²) in [5.74, 6) is -2.30. The van der Waals surface area contributed by atoms with Crippen molar-refractivity contribution >= 4 is 17.1 Å². The number of fused-ring (bicyclic) bond motifs is 1. The fourth-order valence-corrected chi connectivity index (χ4v) is 2.81. The molecule has 0 N–H and O–H groups in total. The molecule has 25 heavy (non-hydrogen) atoms. The second-order valence-electron chi connectivity index (χ2n) is 5.76.